The van der Waals surface area contributed by atoms with Crippen molar-refractivity contribution in [2.75, 3.05) is 18.0 Å². The van der Waals surface area contributed by atoms with E-state index in [1.807, 2.05) is 79.0 Å². The maximum absolute atomic E-state index is 6.17. The van der Waals surface area contributed by atoms with Crippen LogP contribution in [0.2, 0.25) is 0 Å². The lowest BCUT2D eigenvalue weighted by Crippen LogP contribution is -2.17. The van der Waals surface area contributed by atoms with Gasteiger partial charge < -0.3 is 14.4 Å². The normalized spacial score (nSPS) is 13.2. The number of ether oxygens (including phenoxy) is 2. The van der Waals surface area contributed by atoms with E-state index in [1.165, 1.54) is 12.8 Å². The summed E-state index contributed by atoms with van der Waals surface area (Å²) in [6.45, 7) is 2.17. The Balaban J connectivity index is 1.20. The van der Waals surface area contributed by atoms with E-state index in [1.54, 1.807) is 6.20 Å². The van der Waals surface area contributed by atoms with Crippen LogP contribution in [0.5, 0.6) is 23.1 Å². The number of anilines is 1. The molecule has 35 heavy (non-hydrogen) atoms. The summed E-state index contributed by atoms with van der Waals surface area (Å²) in [6.07, 6.45) is 6.17. The maximum atomic E-state index is 6.17. The molecule has 0 N–H and O–H groups in total. The topological polar surface area (TPSA) is 47.5 Å². The van der Waals surface area contributed by atoms with E-state index in [0.717, 1.165) is 46.6 Å². The number of pyridine rings is 2. The molecule has 5 aromatic rings. The van der Waals surface area contributed by atoms with Crippen LogP contribution in [0.3, 0.4) is 0 Å². The Morgan fingerprint density at radius 1 is 0.629 bits per heavy atom. The Labute approximate surface area is 204 Å². The van der Waals surface area contributed by atoms with E-state index in [0.29, 0.717) is 17.4 Å². The fourth-order valence-electron chi connectivity index (χ4n) is 4.45. The van der Waals surface area contributed by atoms with Crippen molar-refractivity contribution in [1.82, 2.24) is 9.97 Å². The molecule has 3 aromatic carbocycles. The zero-order valence-corrected chi connectivity index (χ0v) is 19.3. The lowest BCUT2D eigenvalue weighted by molar-refractivity contribution is 0.449. The Morgan fingerprint density at radius 3 is 2.23 bits per heavy atom. The fourth-order valence-corrected chi connectivity index (χ4v) is 4.45. The second-order valence-corrected chi connectivity index (χ2v) is 8.67. The van der Waals surface area contributed by atoms with Gasteiger partial charge >= 0.3 is 0 Å². The highest BCUT2D eigenvalue weighted by atomic mass is 16.5. The summed E-state index contributed by atoms with van der Waals surface area (Å²) < 4.78 is 12.2. The maximum Gasteiger partial charge on any atom is 0.221 e. The molecule has 5 heteroatoms. The molecule has 0 saturated carbocycles. The molecule has 1 aliphatic heterocycles. The molecule has 2 aromatic heterocycles. The molecule has 0 spiro atoms. The molecule has 0 radical (unpaired) electrons. The van der Waals surface area contributed by atoms with E-state index < -0.39 is 0 Å². The lowest BCUT2D eigenvalue weighted by Gasteiger charge is -2.17. The first-order valence-electron chi connectivity index (χ1n) is 11.9. The van der Waals surface area contributed by atoms with Gasteiger partial charge in [-0.1, -0.05) is 42.5 Å². The highest BCUT2D eigenvalue weighted by Crippen LogP contribution is 2.31. The van der Waals surface area contributed by atoms with Crippen LogP contribution in [0.15, 0.2) is 103 Å². The summed E-state index contributed by atoms with van der Waals surface area (Å²) in [4.78, 5) is 11.4. The predicted molar refractivity (Wildman–Crippen MR) is 139 cm³/mol. The van der Waals surface area contributed by atoms with Gasteiger partial charge in [0.2, 0.25) is 5.88 Å². The van der Waals surface area contributed by atoms with Gasteiger partial charge in [0.05, 0.1) is 5.69 Å². The summed E-state index contributed by atoms with van der Waals surface area (Å²) >= 11 is 0. The summed E-state index contributed by atoms with van der Waals surface area (Å²) in [7, 11) is 0. The lowest BCUT2D eigenvalue weighted by atomic mass is 10.1. The third-order valence-corrected chi connectivity index (χ3v) is 6.21. The van der Waals surface area contributed by atoms with E-state index in [4.69, 9.17) is 9.47 Å². The molecule has 3 heterocycles. The zero-order chi connectivity index (χ0) is 23.5. The number of hydrogen-bond acceptors (Lipinski definition) is 5. The predicted octanol–water partition coefficient (Wildman–Crippen LogP) is 7.48. The van der Waals surface area contributed by atoms with Crippen molar-refractivity contribution in [3.8, 4) is 34.4 Å². The van der Waals surface area contributed by atoms with Gasteiger partial charge in [-0.15, -0.1) is 0 Å². The van der Waals surface area contributed by atoms with E-state index in [9.17, 15) is 0 Å². The summed E-state index contributed by atoms with van der Waals surface area (Å²) in [6, 6.07) is 30.0. The number of benzene rings is 3. The average molecular weight is 460 g/mol. The van der Waals surface area contributed by atoms with Crippen molar-refractivity contribution in [2.24, 2.45) is 0 Å². The minimum atomic E-state index is 0.580. The van der Waals surface area contributed by atoms with Gasteiger partial charge in [-0.2, -0.15) is 0 Å². The fraction of sp³-hybridized carbons (Fsp3) is 0.133. The first-order valence-corrected chi connectivity index (χ1v) is 11.9. The quantitative estimate of drug-likeness (QED) is 0.263. The third-order valence-electron chi connectivity index (χ3n) is 6.21. The average Bonchev–Trinajstić information content (AvgIpc) is 3.44. The summed E-state index contributed by atoms with van der Waals surface area (Å²) in [5, 5.41) is 2.29. The highest BCUT2D eigenvalue weighted by molar-refractivity contribution is 5.85. The number of rotatable bonds is 6. The first kappa shape index (κ1) is 21.2. The van der Waals surface area contributed by atoms with Gasteiger partial charge in [0.15, 0.2) is 0 Å². The van der Waals surface area contributed by atoms with Crippen molar-refractivity contribution < 1.29 is 9.47 Å². The van der Waals surface area contributed by atoms with Gasteiger partial charge in [0.1, 0.15) is 17.2 Å². The molecule has 0 amide bonds. The molecule has 1 fully saturated rings. The van der Waals surface area contributed by atoms with Crippen LogP contribution < -0.4 is 14.4 Å². The molecule has 0 aliphatic carbocycles. The molecule has 1 aliphatic rings. The molecule has 5 nitrogen and oxygen atoms in total. The molecular formula is C30H25N3O2. The molecule has 0 unspecified atom stereocenters. The molecule has 1 saturated heterocycles. The number of hydrogen-bond donors (Lipinski definition) is 0. The van der Waals surface area contributed by atoms with E-state index in [2.05, 4.69) is 33.1 Å². The third kappa shape index (κ3) is 4.80. The molecule has 172 valence electrons. The van der Waals surface area contributed by atoms with E-state index in [-0.39, 0.29) is 0 Å². The smallest absolute Gasteiger partial charge is 0.221 e. The minimum Gasteiger partial charge on any atom is -0.457 e. The van der Waals surface area contributed by atoms with Crippen molar-refractivity contribution in [3.05, 3.63) is 103 Å². The Kier molecular flexibility index (Phi) is 5.73. The molecule has 0 bridgehead atoms. The highest BCUT2D eigenvalue weighted by Gasteiger charge is 2.13. The monoisotopic (exact) mass is 459 g/mol. The standard InChI is InChI=1S/C30H25N3O2/c1-2-8-24-21-32-29(18-22(24)7-1)23-9-5-10-26(17-23)34-27-11-6-12-28(20-27)35-30-19-25(13-14-31-30)33-15-3-4-16-33/h1-2,5-14,17-21H,3-4,15-16H2. The van der Waals surface area contributed by atoms with E-state index >= 15 is 0 Å². The van der Waals surface area contributed by atoms with Crippen LogP contribution >= 0.6 is 0 Å². The molecule has 6 rings (SSSR count). The molecule has 0 atom stereocenters. The second kappa shape index (κ2) is 9.47. The minimum absolute atomic E-state index is 0.580. The molecular weight excluding hydrogens is 434 g/mol. The van der Waals surface area contributed by atoms with Gasteiger partial charge in [0.25, 0.3) is 0 Å². The Bertz CT molecular complexity index is 1480. The Morgan fingerprint density at radius 2 is 1.37 bits per heavy atom. The van der Waals surface area contributed by atoms with Crippen LogP contribution in [0.1, 0.15) is 12.8 Å². The number of fused-ring (bicyclic) bond motifs is 1. The SMILES string of the molecule is c1cc(Oc2cccc(-c3cc4ccccc4cn3)c2)cc(Oc2cc(N3CCCC3)ccn2)c1. The van der Waals surface area contributed by atoms with Gasteiger partial charge in [-0.05, 0) is 54.6 Å². The van der Waals surface area contributed by atoms with Gasteiger partial charge in [-0.3, -0.25) is 4.98 Å². The van der Waals surface area contributed by atoms with Crippen LogP contribution in [0, 0.1) is 0 Å². The second-order valence-electron chi connectivity index (χ2n) is 8.67. The number of aromatic nitrogens is 2. The largest absolute Gasteiger partial charge is 0.457 e. The van der Waals surface area contributed by atoms with Crippen LogP contribution in [-0.4, -0.2) is 23.1 Å². The number of nitrogens with zero attached hydrogens (tertiary/aromatic N) is 3. The van der Waals surface area contributed by atoms with Gasteiger partial charge in [0, 0.05) is 54.3 Å². The zero-order valence-electron chi connectivity index (χ0n) is 19.3. The summed E-state index contributed by atoms with van der Waals surface area (Å²) in [5.74, 6) is 2.70. The van der Waals surface area contributed by atoms with Crippen molar-refractivity contribution in [3.63, 3.8) is 0 Å². The first-order chi connectivity index (χ1) is 17.3. The Hall–Kier alpha value is -4.38. The van der Waals surface area contributed by atoms with Gasteiger partial charge in [-0.25, -0.2) is 4.98 Å². The van der Waals surface area contributed by atoms with Crippen LogP contribution in [0.4, 0.5) is 5.69 Å². The summed E-state index contributed by atoms with van der Waals surface area (Å²) in [5.41, 5.74) is 3.07. The van der Waals surface area contributed by atoms with Crippen LogP contribution in [0.25, 0.3) is 22.0 Å². The van der Waals surface area contributed by atoms with Crippen molar-refractivity contribution in [1.29, 1.82) is 0 Å². The van der Waals surface area contributed by atoms with Crippen LogP contribution in [-0.2, 0) is 0 Å². The van der Waals surface area contributed by atoms with Crippen molar-refractivity contribution >= 4 is 16.5 Å². The van der Waals surface area contributed by atoms with Crippen molar-refractivity contribution in [2.45, 2.75) is 12.8 Å².